The molecule has 6 heteroatoms. The fraction of sp³-hybridized carbons (Fsp3) is 1.00. The van der Waals surface area contributed by atoms with Crippen molar-refractivity contribution in [2.45, 2.75) is 126 Å². The summed E-state index contributed by atoms with van der Waals surface area (Å²) >= 11 is 0. The van der Waals surface area contributed by atoms with Gasteiger partial charge in [-0.25, -0.2) is 0 Å². The maximum Gasteiger partial charge on any atom is 0.0596 e. The summed E-state index contributed by atoms with van der Waals surface area (Å²) in [6.07, 6.45) is 11.8. The van der Waals surface area contributed by atoms with Crippen LogP contribution in [0.1, 0.15) is 114 Å². The molecule has 3 saturated heterocycles. The van der Waals surface area contributed by atoms with Crippen LogP contribution in [0.2, 0.25) is 0 Å². The largest absolute Gasteiger partial charge is 0.379 e. The minimum absolute atomic E-state index is 0.353. The summed E-state index contributed by atoms with van der Waals surface area (Å²) in [4.78, 5) is 7.47. The second kappa shape index (κ2) is 27.6. The molecular weight excluding hydrogens is 498 g/mol. The number of hydrogen-bond donors (Lipinski definition) is 0. The molecule has 3 fully saturated rings. The fourth-order valence-corrected chi connectivity index (χ4v) is 4.87. The SMILES string of the molecule is CC(C)CCN1CCCC1.CC(C)OCCN1CCCCC1.CC(C)OCCN1CCOCC1.CCCC(C)C. The molecule has 0 saturated carbocycles. The number of morpholine rings is 1. The van der Waals surface area contributed by atoms with Crippen LogP contribution >= 0.6 is 0 Å². The second-order valence-electron chi connectivity index (χ2n) is 13.1. The van der Waals surface area contributed by atoms with Crippen LogP contribution in [-0.4, -0.2) is 112 Å². The lowest BCUT2D eigenvalue weighted by atomic mass is 10.1. The van der Waals surface area contributed by atoms with Gasteiger partial charge in [0.05, 0.1) is 38.6 Å². The Kier molecular flexibility index (Phi) is 27.4. The molecular formula is C34H73N3O3. The Morgan fingerprint density at radius 3 is 1.30 bits per heavy atom. The van der Waals surface area contributed by atoms with E-state index in [1.165, 1.54) is 84.1 Å². The first kappa shape index (κ1) is 39.8. The second-order valence-corrected chi connectivity index (χ2v) is 13.1. The predicted molar refractivity (Wildman–Crippen MR) is 175 cm³/mol. The molecule has 3 aliphatic rings. The fourth-order valence-electron chi connectivity index (χ4n) is 4.87. The normalized spacial score (nSPS) is 18.8. The lowest BCUT2D eigenvalue weighted by Gasteiger charge is -2.26. The van der Waals surface area contributed by atoms with Crippen LogP contribution in [0.3, 0.4) is 0 Å². The summed E-state index contributed by atoms with van der Waals surface area (Å²) in [6, 6.07) is 0. The number of ether oxygens (including phenoxy) is 3. The van der Waals surface area contributed by atoms with Crippen molar-refractivity contribution in [3.63, 3.8) is 0 Å². The first-order valence-electron chi connectivity index (χ1n) is 17.1. The van der Waals surface area contributed by atoms with Gasteiger partial charge in [-0.3, -0.25) is 4.90 Å². The van der Waals surface area contributed by atoms with Gasteiger partial charge in [0.1, 0.15) is 0 Å². The van der Waals surface area contributed by atoms with Gasteiger partial charge in [-0.2, -0.15) is 0 Å². The van der Waals surface area contributed by atoms with Crippen molar-refractivity contribution in [2.24, 2.45) is 11.8 Å². The lowest BCUT2D eigenvalue weighted by molar-refractivity contribution is 0.00965. The summed E-state index contributed by atoms with van der Waals surface area (Å²) in [7, 11) is 0. The summed E-state index contributed by atoms with van der Waals surface area (Å²) in [6.45, 7) is 34.0. The first-order valence-corrected chi connectivity index (χ1v) is 17.1. The van der Waals surface area contributed by atoms with E-state index < -0.39 is 0 Å². The number of hydrogen-bond acceptors (Lipinski definition) is 6. The Hall–Kier alpha value is -0.240. The Morgan fingerprint density at radius 1 is 0.525 bits per heavy atom. The van der Waals surface area contributed by atoms with Crippen LogP contribution in [0.25, 0.3) is 0 Å². The smallest absolute Gasteiger partial charge is 0.0596 e. The van der Waals surface area contributed by atoms with Gasteiger partial charge in [-0.15, -0.1) is 0 Å². The van der Waals surface area contributed by atoms with Crippen LogP contribution in [-0.2, 0) is 14.2 Å². The van der Waals surface area contributed by atoms with E-state index in [1.807, 2.05) is 0 Å². The third kappa shape index (κ3) is 27.9. The van der Waals surface area contributed by atoms with E-state index in [4.69, 9.17) is 14.2 Å². The highest BCUT2D eigenvalue weighted by Crippen LogP contribution is 2.10. The Morgan fingerprint density at radius 2 is 0.925 bits per heavy atom. The molecule has 6 nitrogen and oxygen atoms in total. The van der Waals surface area contributed by atoms with E-state index >= 15 is 0 Å². The van der Waals surface area contributed by atoms with Crippen LogP contribution in [0.5, 0.6) is 0 Å². The van der Waals surface area contributed by atoms with Crippen molar-refractivity contribution in [2.75, 3.05) is 85.3 Å². The molecule has 3 heterocycles. The summed E-state index contributed by atoms with van der Waals surface area (Å²) < 4.78 is 16.2. The molecule has 3 rings (SSSR count). The number of nitrogens with zero attached hydrogens (tertiary/aromatic N) is 3. The Bertz CT molecular complexity index is 471. The number of piperidine rings is 1. The molecule has 0 unspecified atom stereocenters. The molecule has 0 bridgehead atoms. The van der Waals surface area contributed by atoms with Crippen LogP contribution < -0.4 is 0 Å². The standard InChI is InChI=1S/C10H21NO.C9H19NO2.C9H19N.C6H14/c1-10(2)12-9-8-11-6-4-3-5-7-11;1-9(2)12-8-5-10-3-6-11-7-4-10;1-9(2)5-8-10-6-3-4-7-10;1-4-5-6(2)3/h10H,3-9H2,1-2H3;9H,3-8H2,1-2H3;9H,3-8H2,1-2H3;6H,4-5H2,1-3H3. The summed E-state index contributed by atoms with van der Waals surface area (Å²) in [5, 5.41) is 0. The zero-order chi connectivity index (χ0) is 30.0. The van der Waals surface area contributed by atoms with Gasteiger partial charge in [-0.05, 0) is 104 Å². The van der Waals surface area contributed by atoms with E-state index in [1.54, 1.807) is 0 Å². The highest BCUT2D eigenvalue weighted by molar-refractivity contribution is 4.66. The third-order valence-corrected chi connectivity index (χ3v) is 7.36. The third-order valence-electron chi connectivity index (χ3n) is 7.36. The monoisotopic (exact) mass is 572 g/mol. The average Bonchev–Trinajstić information content (AvgIpc) is 3.43. The van der Waals surface area contributed by atoms with Crippen LogP contribution in [0.15, 0.2) is 0 Å². The zero-order valence-electron chi connectivity index (χ0n) is 28.7. The maximum absolute atomic E-state index is 5.50. The zero-order valence-corrected chi connectivity index (χ0v) is 28.7. The first-order chi connectivity index (χ1) is 19.1. The molecule has 0 spiro atoms. The van der Waals surface area contributed by atoms with Crippen LogP contribution in [0.4, 0.5) is 0 Å². The molecule has 3 aliphatic heterocycles. The van der Waals surface area contributed by atoms with Crippen molar-refractivity contribution < 1.29 is 14.2 Å². The molecule has 0 amide bonds. The lowest BCUT2D eigenvalue weighted by Crippen LogP contribution is -2.38. The minimum atomic E-state index is 0.353. The van der Waals surface area contributed by atoms with Gasteiger partial charge in [-0.1, -0.05) is 53.9 Å². The highest BCUT2D eigenvalue weighted by Gasteiger charge is 2.11. The quantitative estimate of drug-likeness (QED) is 0.232. The topological polar surface area (TPSA) is 37.4 Å². The molecule has 40 heavy (non-hydrogen) atoms. The number of rotatable bonds is 13. The van der Waals surface area contributed by atoms with Crippen molar-refractivity contribution in [3.05, 3.63) is 0 Å². The van der Waals surface area contributed by atoms with Gasteiger partial charge in [0.25, 0.3) is 0 Å². The molecule has 0 aromatic rings. The van der Waals surface area contributed by atoms with Crippen molar-refractivity contribution >= 4 is 0 Å². The van der Waals surface area contributed by atoms with Crippen molar-refractivity contribution in [3.8, 4) is 0 Å². The molecule has 242 valence electrons. The van der Waals surface area contributed by atoms with Gasteiger partial charge in [0.15, 0.2) is 0 Å². The molecule has 0 radical (unpaired) electrons. The Labute approximate surface area is 251 Å². The number of likely N-dealkylation sites (tertiary alicyclic amines) is 2. The van der Waals surface area contributed by atoms with Gasteiger partial charge >= 0.3 is 0 Å². The molecule has 0 aromatic carbocycles. The Balaban J connectivity index is 0.000000522. The maximum atomic E-state index is 5.50. The predicted octanol–water partition coefficient (Wildman–Crippen LogP) is 7.21. The average molecular weight is 572 g/mol. The molecule has 0 atom stereocenters. The molecule has 0 aromatic heterocycles. The van der Waals surface area contributed by atoms with E-state index in [0.29, 0.717) is 12.2 Å². The van der Waals surface area contributed by atoms with Crippen molar-refractivity contribution in [1.82, 2.24) is 14.7 Å². The van der Waals surface area contributed by atoms with Crippen LogP contribution in [0, 0.1) is 11.8 Å². The molecule has 0 N–H and O–H groups in total. The van der Waals surface area contributed by atoms with Crippen molar-refractivity contribution in [1.29, 1.82) is 0 Å². The van der Waals surface area contributed by atoms with E-state index in [-0.39, 0.29) is 0 Å². The van der Waals surface area contributed by atoms with E-state index in [0.717, 1.165) is 64.4 Å². The van der Waals surface area contributed by atoms with E-state index in [2.05, 4.69) is 77.0 Å². The van der Waals surface area contributed by atoms with Gasteiger partial charge in [0, 0.05) is 26.2 Å². The highest BCUT2D eigenvalue weighted by atomic mass is 16.5. The summed E-state index contributed by atoms with van der Waals surface area (Å²) in [5.41, 5.74) is 0. The minimum Gasteiger partial charge on any atom is -0.379 e. The summed E-state index contributed by atoms with van der Waals surface area (Å²) in [5.74, 6) is 1.77. The van der Waals surface area contributed by atoms with Gasteiger partial charge in [0.2, 0.25) is 0 Å². The molecule has 0 aliphatic carbocycles. The van der Waals surface area contributed by atoms with Gasteiger partial charge < -0.3 is 24.0 Å². The van der Waals surface area contributed by atoms with E-state index in [9.17, 15) is 0 Å².